The van der Waals surface area contributed by atoms with Gasteiger partial charge in [-0.15, -0.1) is 0 Å². The highest BCUT2D eigenvalue weighted by molar-refractivity contribution is 7.59. The fourth-order valence-corrected chi connectivity index (χ4v) is 11.1. The summed E-state index contributed by atoms with van der Waals surface area (Å²) in [5.41, 5.74) is -1.06. The van der Waals surface area contributed by atoms with Crippen molar-refractivity contribution in [3.63, 3.8) is 0 Å². The lowest BCUT2D eigenvalue weighted by atomic mass is 9.47. The molecule has 4 aliphatic carbocycles. The topological polar surface area (TPSA) is 46.6 Å². The summed E-state index contributed by atoms with van der Waals surface area (Å²) in [6.45, 7) is 14.9. The van der Waals surface area contributed by atoms with Crippen molar-refractivity contribution in [1.82, 2.24) is 4.67 Å². The van der Waals surface area contributed by atoms with E-state index < -0.39 is 18.3 Å². The highest BCUT2D eigenvalue weighted by Crippen LogP contribution is 2.73. The first kappa shape index (κ1) is 21.1. The maximum absolute atomic E-state index is 14.7. The standard InChI is InChI=1S/C23H40NO3P/c1-8-22(7,28(26)24(20(2,3)4)15-21(5,6)27-28)19(25)23-12-16-9-17(13-23)11-18(10-16)14-23/h16-18H,8-15H2,1-7H3/t16?,17?,18?,22-,23?,28-/m1/s1. The third-order valence-electron chi connectivity index (χ3n) is 8.31. The molecule has 1 heterocycles. The lowest BCUT2D eigenvalue weighted by molar-refractivity contribution is -0.146. The molecule has 0 aromatic rings. The molecule has 5 heteroatoms. The van der Waals surface area contributed by atoms with E-state index in [1.54, 1.807) is 0 Å². The first-order chi connectivity index (χ1) is 12.7. The van der Waals surface area contributed by atoms with Gasteiger partial charge in [0, 0.05) is 17.5 Å². The van der Waals surface area contributed by atoms with Gasteiger partial charge in [-0.3, -0.25) is 9.36 Å². The van der Waals surface area contributed by atoms with E-state index in [0.717, 1.165) is 19.3 Å². The highest BCUT2D eigenvalue weighted by atomic mass is 31.2. The second-order valence-electron chi connectivity index (χ2n) is 12.3. The number of hydrogen-bond donors (Lipinski definition) is 0. The second kappa shape index (κ2) is 6.17. The predicted octanol–water partition coefficient (Wildman–Crippen LogP) is 6.04. The van der Waals surface area contributed by atoms with Crippen LogP contribution in [0.1, 0.15) is 93.4 Å². The normalized spacial score (nSPS) is 44.6. The molecule has 5 rings (SSSR count). The molecule has 4 bridgehead atoms. The van der Waals surface area contributed by atoms with Crippen LogP contribution in [0.2, 0.25) is 0 Å². The number of rotatable bonds is 4. The van der Waals surface area contributed by atoms with Gasteiger partial charge in [-0.05, 0) is 104 Å². The number of nitrogens with zero attached hydrogens (tertiary/aromatic N) is 1. The van der Waals surface area contributed by atoms with Gasteiger partial charge in [0.15, 0.2) is 5.78 Å². The fourth-order valence-electron chi connectivity index (χ4n) is 7.31. The SMILES string of the molecule is CC[C@](C)(C(=O)C12CC3CC(CC(C3)C1)C2)[P@@]1(=O)OC(C)(C)CN1C(C)(C)C. The molecule has 0 amide bonds. The maximum atomic E-state index is 14.7. The van der Waals surface area contributed by atoms with Gasteiger partial charge >= 0.3 is 0 Å². The molecule has 0 N–H and O–H groups in total. The molecule has 160 valence electrons. The monoisotopic (exact) mass is 409 g/mol. The molecular formula is C23H40NO3P. The van der Waals surface area contributed by atoms with Gasteiger partial charge in [0.2, 0.25) is 0 Å². The van der Waals surface area contributed by atoms with Crippen molar-refractivity contribution in [1.29, 1.82) is 0 Å². The van der Waals surface area contributed by atoms with E-state index in [-0.39, 0.29) is 16.7 Å². The minimum absolute atomic E-state index is 0.253. The second-order valence-corrected chi connectivity index (χ2v) is 14.9. The van der Waals surface area contributed by atoms with Gasteiger partial charge in [-0.2, -0.15) is 0 Å². The number of Topliss-reactive ketones (excluding diaryl/α,β-unsaturated/α-hetero) is 1. The third-order valence-corrected chi connectivity index (χ3v) is 12.2. The largest absolute Gasteiger partial charge is 0.309 e. The Morgan fingerprint density at radius 3 is 1.89 bits per heavy atom. The lowest BCUT2D eigenvalue weighted by Gasteiger charge is -2.58. The van der Waals surface area contributed by atoms with Crippen LogP contribution < -0.4 is 0 Å². The minimum Gasteiger partial charge on any atom is -0.309 e. The smallest absolute Gasteiger partial charge is 0.286 e. The van der Waals surface area contributed by atoms with E-state index in [1.807, 2.05) is 32.4 Å². The molecule has 2 atom stereocenters. The molecule has 0 unspecified atom stereocenters. The average Bonchev–Trinajstić information content (AvgIpc) is 2.83. The van der Waals surface area contributed by atoms with Crippen molar-refractivity contribution in [2.45, 2.75) is 110 Å². The van der Waals surface area contributed by atoms with Gasteiger partial charge in [-0.25, -0.2) is 4.67 Å². The van der Waals surface area contributed by atoms with Gasteiger partial charge < -0.3 is 4.52 Å². The molecule has 4 saturated carbocycles. The zero-order chi connectivity index (χ0) is 20.8. The Hall–Kier alpha value is -0.180. The van der Waals surface area contributed by atoms with Gasteiger partial charge in [0.05, 0.1) is 5.60 Å². The number of ketones is 1. The van der Waals surface area contributed by atoms with Crippen LogP contribution in [-0.2, 0) is 13.9 Å². The van der Waals surface area contributed by atoms with Crippen LogP contribution in [0.15, 0.2) is 0 Å². The zero-order valence-electron chi connectivity index (χ0n) is 19.0. The highest BCUT2D eigenvalue weighted by Gasteiger charge is 2.67. The van der Waals surface area contributed by atoms with E-state index in [4.69, 9.17) is 4.52 Å². The maximum Gasteiger partial charge on any atom is 0.286 e. The number of hydrogen-bond acceptors (Lipinski definition) is 3. The van der Waals surface area contributed by atoms with Crippen LogP contribution in [0, 0.1) is 23.2 Å². The van der Waals surface area contributed by atoms with Gasteiger partial charge in [0.25, 0.3) is 7.52 Å². The first-order valence-corrected chi connectivity index (χ1v) is 13.0. The van der Waals surface area contributed by atoms with E-state index in [0.29, 0.717) is 30.7 Å². The van der Waals surface area contributed by atoms with E-state index in [1.165, 1.54) is 19.3 Å². The molecule has 5 fully saturated rings. The van der Waals surface area contributed by atoms with Crippen LogP contribution in [0.5, 0.6) is 0 Å². The summed E-state index contributed by atoms with van der Waals surface area (Å²) in [7, 11) is -3.34. The molecule has 28 heavy (non-hydrogen) atoms. The van der Waals surface area contributed by atoms with Crippen molar-refractivity contribution in [3.8, 4) is 0 Å². The molecule has 0 spiro atoms. The summed E-state index contributed by atoms with van der Waals surface area (Å²) in [5, 5.41) is -0.931. The summed E-state index contributed by atoms with van der Waals surface area (Å²) in [6, 6.07) is 0. The zero-order valence-corrected chi connectivity index (χ0v) is 19.9. The van der Waals surface area contributed by atoms with Crippen LogP contribution in [-0.4, -0.2) is 33.3 Å². The van der Waals surface area contributed by atoms with Crippen molar-refractivity contribution >= 4 is 13.3 Å². The summed E-state index contributed by atoms with van der Waals surface area (Å²) in [4.78, 5) is 14.3. The number of carbonyl (C=O) groups is 1. The Morgan fingerprint density at radius 2 is 1.50 bits per heavy atom. The Balaban J connectivity index is 1.76. The lowest BCUT2D eigenvalue weighted by Crippen LogP contribution is -2.57. The molecule has 0 aromatic carbocycles. The molecule has 4 nitrogen and oxygen atoms in total. The molecule has 0 radical (unpaired) electrons. The molecule has 0 aromatic heterocycles. The van der Waals surface area contributed by atoms with Crippen LogP contribution in [0.3, 0.4) is 0 Å². The Kier molecular flexibility index (Phi) is 4.64. The molecular weight excluding hydrogens is 369 g/mol. The van der Waals surface area contributed by atoms with Crippen molar-refractivity contribution in [2.75, 3.05) is 6.54 Å². The van der Waals surface area contributed by atoms with E-state index >= 15 is 0 Å². The predicted molar refractivity (Wildman–Crippen MR) is 114 cm³/mol. The van der Waals surface area contributed by atoms with Crippen LogP contribution in [0.25, 0.3) is 0 Å². The summed E-state index contributed by atoms with van der Waals surface area (Å²) in [5.74, 6) is 2.38. The minimum atomic E-state index is -3.34. The average molecular weight is 410 g/mol. The van der Waals surface area contributed by atoms with Gasteiger partial charge in [0.1, 0.15) is 5.16 Å². The summed E-state index contributed by atoms with van der Waals surface area (Å²) >= 11 is 0. The molecule has 1 aliphatic heterocycles. The van der Waals surface area contributed by atoms with Gasteiger partial charge in [-0.1, -0.05) is 6.92 Å². The molecule has 1 saturated heterocycles. The van der Waals surface area contributed by atoms with Crippen molar-refractivity contribution in [3.05, 3.63) is 0 Å². The Labute approximate surface area is 171 Å². The fraction of sp³-hybridized carbons (Fsp3) is 0.957. The Bertz CT molecular complexity index is 687. The van der Waals surface area contributed by atoms with Crippen molar-refractivity contribution in [2.24, 2.45) is 23.2 Å². The van der Waals surface area contributed by atoms with Crippen LogP contribution in [0.4, 0.5) is 0 Å². The quantitative estimate of drug-likeness (QED) is 0.531. The summed E-state index contributed by atoms with van der Waals surface area (Å²) in [6.07, 6.45) is 7.57. The van der Waals surface area contributed by atoms with Crippen molar-refractivity contribution < 1.29 is 13.9 Å². The van der Waals surface area contributed by atoms with Crippen LogP contribution >= 0.6 is 7.52 Å². The Morgan fingerprint density at radius 1 is 1.04 bits per heavy atom. The molecule has 5 aliphatic rings. The first-order valence-electron chi connectivity index (χ1n) is 11.4. The third kappa shape index (κ3) is 2.92. The van der Waals surface area contributed by atoms with E-state index in [9.17, 15) is 9.36 Å². The number of carbonyl (C=O) groups excluding carboxylic acids is 1. The summed E-state index contributed by atoms with van der Waals surface area (Å²) < 4.78 is 23.1. The van der Waals surface area contributed by atoms with E-state index in [2.05, 4.69) is 20.8 Å².